The molecule has 0 saturated heterocycles. The van der Waals surface area contributed by atoms with Crippen molar-refractivity contribution < 1.29 is 47.9 Å². The highest BCUT2D eigenvalue weighted by atomic mass is 32.2. The molecule has 2 N–H and O–H groups in total. The number of nitrogens with one attached hydrogen (secondary N) is 2. The van der Waals surface area contributed by atoms with Crippen LogP contribution in [0.1, 0.15) is 30.9 Å². The molecule has 0 fully saturated rings. The fourth-order valence-corrected chi connectivity index (χ4v) is 6.24. The van der Waals surface area contributed by atoms with Crippen LogP contribution in [0.3, 0.4) is 0 Å². The predicted molar refractivity (Wildman–Crippen MR) is 152 cm³/mol. The molecular weight excluding hydrogens is 634 g/mol. The van der Waals surface area contributed by atoms with E-state index in [2.05, 4.69) is 14.2 Å². The fraction of sp³-hybridized carbons (Fsp3) is 0.172. The lowest BCUT2D eigenvalue weighted by molar-refractivity contribution is -0.274. The van der Waals surface area contributed by atoms with Crippen molar-refractivity contribution in [2.45, 2.75) is 42.1 Å². The normalized spacial score (nSPS) is 12.7. The van der Waals surface area contributed by atoms with Crippen LogP contribution in [0.15, 0.2) is 101 Å². The molecule has 44 heavy (non-hydrogen) atoms. The summed E-state index contributed by atoms with van der Waals surface area (Å²) in [6.07, 6.45) is -9.82. The predicted octanol–water partition coefficient (Wildman–Crippen LogP) is 8.00. The quantitative estimate of drug-likeness (QED) is 0.178. The van der Waals surface area contributed by atoms with Crippen LogP contribution in [-0.2, 0) is 26.2 Å². The van der Waals surface area contributed by atoms with Crippen molar-refractivity contribution in [3.8, 4) is 16.9 Å². The molecule has 234 valence electrons. The topological polar surface area (TPSA) is 102 Å². The highest BCUT2D eigenvalue weighted by molar-refractivity contribution is 7.93. The largest absolute Gasteiger partial charge is 0.573 e. The van der Waals surface area contributed by atoms with E-state index in [0.29, 0.717) is 23.3 Å². The van der Waals surface area contributed by atoms with Gasteiger partial charge >= 0.3 is 12.5 Å². The molecule has 0 aliphatic rings. The minimum Gasteiger partial charge on any atom is -0.406 e. The molecule has 15 heteroatoms. The molecule has 0 aliphatic carbocycles. The van der Waals surface area contributed by atoms with Gasteiger partial charge in [0, 0.05) is 0 Å². The Morgan fingerprint density at radius 3 is 1.84 bits per heavy atom. The number of ether oxygens (including phenoxy) is 1. The van der Waals surface area contributed by atoms with Gasteiger partial charge in [0.25, 0.3) is 20.0 Å². The third-order valence-corrected chi connectivity index (χ3v) is 8.98. The summed E-state index contributed by atoms with van der Waals surface area (Å²) in [6.45, 7) is 3.94. The van der Waals surface area contributed by atoms with Crippen LogP contribution in [-0.4, -0.2) is 23.2 Å². The summed E-state index contributed by atoms with van der Waals surface area (Å²) in [4.78, 5) is -1.21. The summed E-state index contributed by atoms with van der Waals surface area (Å²) in [5, 5.41) is 0. The maximum absolute atomic E-state index is 13.3. The molecule has 0 unspecified atom stereocenters. The van der Waals surface area contributed by atoms with Gasteiger partial charge in [-0.15, -0.1) is 13.2 Å². The van der Waals surface area contributed by atoms with E-state index in [-0.39, 0.29) is 17.3 Å². The van der Waals surface area contributed by atoms with Crippen molar-refractivity contribution in [3.63, 3.8) is 0 Å². The van der Waals surface area contributed by atoms with Gasteiger partial charge in [-0.2, -0.15) is 13.2 Å². The van der Waals surface area contributed by atoms with E-state index in [1.54, 1.807) is 12.1 Å². The summed E-state index contributed by atoms with van der Waals surface area (Å²) < 4.78 is 138. The number of hydrogen-bond acceptors (Lipinski definition) is 5. The number of hydrogen-bond donors (Lipinski definition) is 2. The first-order valence-corrected chi connectivity index (χ1v) is 15.6. The van der Waals surface area contributed by atoms with Crippen LogP contribution in [0.4, 0.5) is 37.7 Å². The molecule has 4 aromatic carbocycles. The summed E-state index contributed by atoms with van der Waals surface area (Å²) in [5.74, 6) is -0.520. The van der Waals surface area contributed by atoms with E-state index in [1.165, 1.54) is 18.2 Å². The Labute approximate surface area is 249 Å². The van der Waals surface area contributed by atoms with Crippen molar-refractivity contribution in [2.24, 2.45) is 0 Å². The second kappa shape index (κ2) is 12.0. The molecule has 0 amide bonds. The van der Waals surface area contributed by atoms with Crippen LogP contribution in [0.5, 0.6) is 5.75 Å². The van der Waals surface area contributed by atoms with Gasteiger partial charge in [-0.3, -0.25) is 9.44 Å². The fourth-order valence-electron chi connectivity index (χ4n) is 4.04. The van der Waals surface area contributed by atoms with Crippen LogP contribution < -0.4 is 14.2 Å². The Bertz CT molecular complexity index is 1870. The van der Waals surface area contributed by atoms with Gasteiger partial charge < -0.3 is 4.74 Å². The molecule has 0 spiro atoms. The molecule has 4 aromatic rings. The number of sulfonamides is 2. The monoisotopic (exact) mass is 658 g/mol. The number of anilines is 2. The van der Waals surface area contributed by atoms with E-state index in [9.17, 15) is 43.2 Å². The van der Waals surface area contributed by atoms with E-state index in [4.69, 9.17) is 0 Å². The smallest absolute Gasteiger partial charge is 0.406 e. The molecule has 0 heterocycles. The van der Waals surface area contributed by atoms with Gasteiger partial charge in [-0.1, -0.05) is 50.2 Å². The third kappa shape index (κ3) is 8.02. The highest BCUT2D eigenvalue weighted by Gasteiger charge is 2.32. The molecule has 0 aliphatic heterocycles. The summed E-state index contributed by atoms with van der Waals surface area (Å²) >= 11 is 0. The lowest BCUT2D eigenvalue weighted by atomic mass is 9.97. The first-order chi connectivity index (χ1) is 20.3. The van der Waals surface area contributed by atoms with E-state index < -0.39 is 53.7 Å². The Morgan fingerprint density at radius 1 is 0.636 bits per heavy atom. The van der Waals surface area contributed by atoms with E-state index >= 15 is 0 Å². The molecule has 7 nitrogen and oxygen atoms in total. The third-order valence-electron chi connectivity index (χ3n) is 6.23. The minimum absolute atomic E-state index is 0.149. The van der Waals surface area contributed by atoms with Crippen LogP contribution in [0.25, 0.3) is 11.1 Å². The Kier molecular flexibility index (Phi) is 8.94. The van der Waals surface area contributed by atoms with Gasteiger partial charge in [-0.25, -0.2) is 16.8 Å². The van der Waals surface area contributed by atoms with Gasteiger partial charge in [0.2, 0.25) is 0 Å². The zero-order chi connectivity index (χ0) is 32.5. The molecular formula is C29H24F6N2O5S2. The molecule has 4 rings (SSSR count). The molecule has 0 aromatic heterocycles. The van der Waals surface area contributed by atoms with E-state index in [0.717, 1.165) is 42.0 Å². The van der Waals surface area contributed by atoms with Gasteiger partial charge in [0.15, 0.2) is 0 Å². The molecule has 0 bridgehead atoms. The zero-order valence-electron chi connectivity index (χ0n) is 22.9. The SMILES string of the molecule is CC(C)c1cccc(-c2ccc(NS(=O)(=O)c3cccc(C(F)(F)F)c3)c(NS(=O)(=O)c3ccc(OC(F)(F)F)cc3)c2)c1. The van der Waals surface area contributed by atoms with Crippen LogP contribution in [0, 0.1) is 0 Å². The van der Waals surface area contributed by atoms with Gasteiger partial charge in [-0.05, 0) is 77.2 Å². The Morgan fingerprint density at radius 2 is 1.23 bits per heavy atom. The van der Waals surface area contributed by atoms with E-state index in [1.807, 2.05) is 26.0 Å². The minimum atomic E-state index is -5.00. The molecule has 0 saturated carbocycles. The van der Waals surface area contributed by atoms with Gasteiger partial charge in [0.1, 0.15) is 5.75 Å². The second-order valence-corrected chi connectivity index (χ2v) is 13.2. The zero-order valence-corrected chi connectivity index (χ0v) is 24.5. The van der Waals surface area contributed by atoms with Crippen molar-refractivity contribution in [1.29, 1.82) is 0 Å². The van der Waals surface area contributed by atoms with Crippen LogP contribution in [0.2, 0.25) is 0 Å². The average molecular weight is 659 g/mol. The number of alkyl halides is 6. The second-order valence-electron chi connectivity index (χ2n) is 9.80. The maximum Gasteiger partial charge on any atom is 0.573 e. The standard InChI is InChI=1S/C29H24F6N2O5S2/c1-18(2)19-5-3-6-20(15-19)21-9-14-26(36-44(40,41)25-8-4-7-22(17-25)28(30,31)32)27(16-21)37-43(38,39)24-12-10-23(11-13-24)42-29(33,34)35/h3-18,36-37H,1-2H3. The summed E-state index contributed by atoms with van der Waals surface area (Å²) in [6, 6.07) is 17.6. The van der Waals surface area contributed by atoms with Gasteiger partial charge in [0.05, 0.1) is 26.7 Å². The Balaban J connectivity index is 1.76. The Hall–Kier alpha value is -4.24. The average Bonchev–Trinajstić information content (AvgIpc) is 2.93. The van der Waals surface area contributed by atoms with Crippen molar-refractivity contribution in [1.82, 2.24) is 0 Å². The first-order valence-electron chi connectivity index (χ1n) is 12.7. The highest BCUT2D eigenvalue weighted by Crippen LogP contribution is 2.35. The van der Waals surface area contributed by atoms with Crippen molar-refractivity contribution in [2.75, 3.05) is 9.44 Å². The molecule has 0 atom stereocenters. The van der Waals surface area contributed by atoms with Crippen molar-refractivity contribution >= 4 is 31.4 Å². The lowest BCUT2D eigenvalue weighted by Gasteiger charge is -2.17. The first kappa shape index (κ1) is 32.7. The lowest BCUT2D eigenvalue weighted by Crippen LogP contribution is -2.19. The van der Waals surface area contributed by atoms with Crippen LogP contribution >= 0.6 is 0 Å². The maximum atomic E-state index is 13.3. The summed E-state index contributed by atoms with van der Waals surface area (Å²) in [5.41, 5.74) is 0.230. The van der Waals surface area contributed by atoms with Crippen molar-refractivity contribution in [3.05, 3.63) is 102 Å². The molecule has 0 radical (unpaired) electrons. The number of benzene rings is 4. The number of halogens is 6. The number of rotatable bonds is 9. The summed E-state index contributed by atoms with van der Waals surface area (Å²) in [7, 11) is -9.20.